The van der Waals surface area contributed by atoms with Gasteiger partial charge in [-0.1, -0.05) is 29.8 Å². The summed E-state index contributed by atoms with van der Waals surface area (Å²) in [6, 6.07) is 7.68. The van der Waals surface area contributed by atoms with Crippen LogP contribution in [0.2, 0.25) is 5.02 Å². The second kappa shape index (κ2) is 6.26. The lowest BCUT2D eigenvalue weighted by Crippen LogP contribution is -2.48. The monoisotopic (exact) mass is 282 g/mol. The molecule has 1 atom stereocenters. The molecule has 2 rings (SSSR count). The second-order valence-electron chi connectivity index (χ2n) is 4.93. The first kappa shape index (κ1) is 14.2. The summed E-state index contributed by atoms with van der Waals surface area (Å²) in [7, 11) is 0. The third kappa shape index (κ3) is 3.61. The maximum absolute atomic E-state index is 12.0. The number of hydrogen-bond acceptors (Lipinski definition) is 2. The molecule has 0 unspecified atom stereocenters. The molecule has 5 heteroatoms. The Morgan fingerprint density at radius 3 is 2.89 bits per heavy atom. The fourth-order valence-electron chi connectivity index (χ4n) is 2.10. The fraction of sp³-hybridized carbons (Fsp3) is 0.500. The minimum absolute atomic E-state index is 0.0460. The predicted octanol–water partition coefficient (Wildman–Crippen LogP) is 2.83. The Kier molecular flexibility index (Phi) is 4.66. The van der Waals surface area contributed by atoms with Gasteiger partial charge in [0.05, 0.1) is 13.2 Å². The minimum atomic E-state index is -0.152. The topological polar surface area (TPSA) is 41.6 Å². The molecule has 0 saturated carbocycles. The van der Waals surface area contributed by atoms with E-state index in [9.17, 15) is 4.79 Å². The molecule has 19 heavy (non-hydrogen) atoms. The summed E-state index contributed by atoms with van der Waals surface area (Å²) in [6.45, 7) is 5.57. The predicted molar refractivity (Wildman–Crippen MR) is 75.4 cm³/mol. The van der Waals surface area contributed by atoms with Crippen LogP contribution < -0.4 is 5.32 Å². The lowest BCUT2D eigenvalue weighted by Gasteiger charge is -2.34. The van der Waals surface area contributed by atoms with Crippen molar-refractivity contribution in [3.8, 4) is 0 Å². The molecule has 0 aromatic heterocycles. The third-order valence-corrected chi connectivity index (χ3v) is 3.36. The summed E-state index contributed by atoms with van der Waals surface area (Å²) >= 11 is 6.17. The SMILES string of the molecule is CC(C)NC(=O)N1CCO[C@@H](c2ccccc2Cl)C1. The van der Waals surface area contributed by atoms with Crippen LogP contribution in [0.5, 0.6) is 0 Å². The molecule has 4 nitrogen and oxygen atoms in total. The van der Waals surface area contributed by atoms with E-state index in [4.69, 9.17) is 16.3 Å². The van der Waals surface area contributed by atoms with Crippen molar-refractivity contribution in [2.75, 3.05) is 19.7 Å². The highest BCUT2D eigenvalue weighted by Gasteiger charge is 2.26. The standard InChI is InChI=1S/C14H19ClN2O2/c1-10(2)16-14(18)17-7-8-19-13(9-17)11-5-3-4-6-12(11)15/h3-6,10,13H,7-9H2,1-2H3,(H,16,18)/t13-/m1/s1. The molecule has 2 amide bonds. The number of hydrogen-bond donors (Lipinski definition) is 1. The van der Waals surface area contributed by atoms with E-state index >= 15 is 0 Å². The van der Waals surface area contributed by atoms with Crippen LogP contribution in [0.4, 0.5) is 4.79 Å². The van der Waals surface area contributed by atoms with Crippen LogP contribution in [-0.4, -0.2) is 36.7 Å². The zero-order chi connectivity index (χ0) is 13.8. The number of carbonyl (C=O) groups excluding carboxylic acids is 1. The Balaban J connectivity index is 2.05. The highest BCUT2D eigenvalue weighted by Crippen LogP contribution is 2.28. The van der Waals surface area contributed by atoms with Crippen LogP contribution in [0, 0.1) is 0 Å². The fourth-order valence-corrected chi connectivity index (χ4v) is 2.35. The quantitative estimate of drug-likeness (QED) is 0.906. The van der Waals surface area contributed by atoms with E-state index in [2.05, 4.69) is 5.32 Å². The van der Waals surface area contributed by atoms with Gasteiger partial charge in [0.15, 0.2) is 0 Å². The molecule has 0 aliphatic carbocycles. The minimum Gasteiger partial charge on any atom is -0.370 e. The molecular formula is C14H19ClN2O2. The Bertz CT molecular complexity index is 451. The molecule has 1 N–H and O–H groups in total. The number of amides is 2. The Hall–Kier alpha value is -1.26. The molecule has 104 valence electrons. The van der Waals surface area contributed by atoms with Gasteiger partial charge in [0.1, 0.15) is 6.10 Å². The summed E-state index contributed by atoms with van der Waals surface area (Å²) < 4.78 is 5.72. The van der Waals surface area contributed by atoms with Gasteiger partial charge in [0.2, 0.25) is 0 Å². The number of benzene rings is 1. The number of nitrogens with one attached hydrogen (secondary N) is 1. The van der Waals surface area contributed by atoms with Crippen LogP contribution in [0.25, 0.3) is 0 Å². The number of rotatable bonds is 2. The molecule has 1 aliphatic rings. The summed E-state index contributed by atoms with van der Waals surface area (Å²) in [5.41, 5.74) is 0.936. The van der Waals surface area contributed by atoms with Gasteiger partial charge < -0.3 is 15.0 Å². The highest BCUT2D eigenvalue weighted by molar-refractivity contribution is 6.31. The van der Waals surface area contributed by atoms with Crippen molar-refractivity contribution in [3.05, 3.63) is 34.9 Å². The Morgan fingerprint density at radius 2 is 2.21 bits per heavy atom. The maximum Gasteiger partial charge on any atom is 0.317 e. The van der Waals surface area contributed by atoms with Crippen molar-refractivity contribution in [3.63, 3.8) is 0 Å². The average molecular weight is 283 g/mol. The summed E-state index contributed by atoms with van der Waals surface area (Å²) in [5.74, 6) is 0. The van der Waals surface area contributed by atoms with Gasteiger partial charge in [-0.25, -0.2) is 4.79 Å². The van der Waals surface area contributed by atoms with Crippen LogP contribution in [0.1, 0.15) is 25.5 Å². The van der Waals surface area contributed by atoms with Crippen LogP contribution >= 0.6 is 11.6 Å². The number of ether oxygens (including phenoxy) is 1. The van der Waals surface area contributed by atoms with Gasteiger partial charge in [-0.15, -0.1) is 0 Å². The molecule has 1 saturated heterocycles. The summed E-state index contributed by atoms with van der Waals surface area (Å²) in [4.78, 5) is 13.8. The molecule has 1 aliphatic heterocycles. The molecular weight excluding hydrogens is 264 g/mol. The van der Waals surface area contributed by atoms with Gasteiger partial charge in [-0.2, -0.15) is 0 Å². The van der Waals surface area contributed by atoms with E-state index in [0.717, 1.165) is 5.56 Å². The average Bonchev–Trinajstić information content (AvgIpc) is 2.38. The van der Waals surface area contributed by atoms with Gasteiger partial charge in [-0.3, -0.25) is 0 Å². The zero-order valence-electron chi connectivity index (χ0n) is 11.2. The van der Waals surface area contributed by atoms with Crippen molar-refractivity contribution in [1.82, 2.24) is 10.2 Å². The smallest absolute Gasteiger partial charge is 0.317 e. The Morgan fingerprint density at radius 1 is 1.47 bits per heavy atom. The molecule has 0 radical (unpaired) electrons. The van der Waals surface area contributed by atoms with Crippen molar-refractivity contribution < 1.29 is 9.53 Å². The normalized spacial score (nSPS) is 19.6. The molecule has 1 aromatic carbocycles. The van der Waals surface area contributed by atoms with E-state index in [-0.39, 0.29) is 18.2 Å². The highest BCUT2D eigenvalue weighted by atomic mass is 35.5. The van der Waals surface area contributed by atoms with Gasteiger partial charge in [0.25, 0.3) is 0 Å². The number of nitrogens with zero attached hydrogens (tertiary/aromatic N) is 1. The van der Waals surface area contributed by atoms with Crippen molar-refractivity contribution in [2.45, 2.75) is 26.0 Å². The molecule has 0 spiro atoms. The maximum atomic E-state index is 12.0. The van der Waals surface area contributed by atoms with Gasteiger partial charge in [-0.05, 0) is 19.9 Å². The lowest BCUT2D eigenvalue weighted by atomic mass is 10.1. The molecule has 1 fully saturated rings. The number of halogens is 1. The van der Waals surface area contributed by atoms with Crippen LogP contribution in [-0.2, 0) is 4.74 Å². The third-order valence-electron chi connectivity index (χ3n) is 3.02. The van der Waals surface area contributed by atoms with Gasteiger partial charge >= 0.3 is 6.03 Å². The number of urea groups is 1. The number of morpholine rings is 1. The van der Waals surface area contributed by atoms with E-state index in [1.165, 1.54) is 0 Å². The zero-order valence-corrected chi connectivity index (χ0v) is 12.0. The van der Waals surface area contributed by atoms with Crippen molar-refractivity contribution >= 4 is 17.6 Å². The first-order valence-electron chi connectivity index (χ1n) is 6.49. The molecule has 1 heterocycles. The number of carbonyl (C=O) groups is 1. The van der Waals surface area contributed by atoms with Crippen molar-refractivity contribution in [2.24, 2.45) is 0 Å². The Labute approximate surface area is 118 Å². The van der Waals surface area contributed by atoms with E-state index < -0.39 is 0 Å². The lowest BCUT2D eigenvalue weighted by molar-refractivity contribution is -0.0156. The second-order valence-corrected chi connectivity index (χ2v) is 5.34. The first-order chi connectivity index (χ1) is 9.08. The van der Waals surface area contributed by atoms with Crippen LogP contribution in [0.15, 0.2) is 24.3 Å². The summed E-state index contributed by atoms with van der Waals surface area (Å²) in [6.07, 6.45) is -0.152. The first-order valence-corrected chi connectivity index (χ1v) is 6.87. The summed E-state index contributed by atoms with van der Waals surface area (Å²) in [5, 5.41) is 3.58. The molecule has 1 aromatic rings. The van der Waals surface area contributed by atoms with E-state index in [1.54, 1.807) is 4.90 Å². The van der Waals surface area contributed by atoms with Crippen LogP contribution in [0.3, 0.4) is 0 Å². The van der Waals surface area contributed by atoms with Crippen molar-refractivity contribution in [1.29, 1.82) is 0 Å². The van der Waals surface area contributed by atoms with Gasteiger partial charge in [0, 0.05) is 23.2 Å². The van der Waals surface area contributed by atoms with E-state index in [0.29, 0.717) is 24.7 Å². The van der Waals surface area contributed by atoms with E-state index in [1.807, 2.05) is 38.1 Å². The molecule has 0 bridgehead atoms. The largest absolute Gasteiger partial charge is 0.370 e.